The van der Waals surface area contributed by atoms with Crippen molar-refractivity contribution in [2.75, 3.05) is 77.8 Å². The molecule has 1 N–H and O–H groups in total. The molecule has 2 unspecified atom stereocenters. The molecule has 0 saturated carbocycles. The lowest BCUT2D eigenvalue weighted by molar-refractivity contribution is -0.137. The monoisotopic (exact) mass is 1010 g/mol. The summed E-state index contributed by atoms with van der Waals surface area (Å²) in [7, 11) is -5.41. The minimum absolute atomic E-state index is 0.00445. The number of likely N-dealkylation sites (N-methyl/N-ethyl adjacent to an activating group) is 2. The van der Waals surface area contributed by atoms with Gasteiger partial charge in [0.1, 0.15) is 6.54 Å². The topological polar surface area (TPSA) is 201 Å². The summed E-state index contributed by atoms with van der Waals surface area (Å²) in [5.74, 6) is 0.460. The average Bonchev–Trinajstić information content (AvgIpc) is 3.90. The van der Waals surface area contributed by atoms with Gasteiger partial charge in [0, 0.05) is 92.9 Å². The number of carbonyl (C=O) groups is 4. The molecular weight excluding hydrogens is 937 g/mol. The van der Waals surface area contributed by atoms with Crippen LogP contribution < -0.4 is 0 Å². The zero-order valence-electron chi connectivity index (χ0n) is 41.6. The van der Waals surface area contributed by atoms with Crippen LogP contribution in [0.1, 0.15) is 122 Å². The van der Waals surface area contributed by atoms with E-state index in [1.54, 1.807) is 63.1 Å². The molecule has 70 heavy (non-hydrogen) atoms. The summed E-state index contributed by atoms with van der Waals surface area (Å²) >= 11 is 0. The van der Waals surface area contributed by atoms with Crippen molar-refractivity contribution in [1.82, 2.24) is 17.7 Å². The van der Waals surface area contributed by atoms with Gasteiger partial charge in [-0.1, -0.05) is 0 Å². The molecule has 2 aliphatic heterocycles. The number of hydrogen-bond donors (Lipinski definition) is 1. The maximum atomic E-state index is 13.4. The molecule has 2 aromatic heterocycles. The Balaban J connectivity index is 0.000000208. The fourth-order valence-electron chi connectivity index (χ4n) is 11.3. The minimum atomic E-state index is -3.51. The van der Waals surface area contributed by atoms with Gasteiger partial charge < -0.3 is 29.1 Å². The lowest BCUT2D eigenvalue weighted by atomic mass is 9.75. The Bertz CT molecular complexity index is 2770. The molecule has 2 aromatic carbocycles. The Labute approximate surface area is 413 Å². The lowest BCUT2D eigenvalue weighted by Gasteiger charge is -2.33. The van der Waals surface area contributed by atoms with Gasteiger partial charge in [-0.2, -0.15) is 0 Å². The molecule has 8 rings (SSSR count). The van der Waals surface area contributed by atoms with Crippen LogP contribution >= 0.6 is 0 Å². The zero-order chi connectivity index (χ0) is 50.3. The second-order valence-electron chi connectivity index (χ2n) is 19.2. The van der Waals surface area contributed by atoms with E-state index >= 15 is 0 Å². The van der Waals surface area contributed by atoms with Crippen molar-refractivity contribution in [2.24, 2.45) is 23.7 Å². The van der Waals surface area contributed by atoms with E-state index in [9.17, 15) is 36.0 Å². The second-order valence-corrected chi connectivity index (χ2v) is 23.4. The first-order chi connectivity index (χ1) is 33.6. The van der Waals surface area contributed by atoms with Crippen LogP contribution in [-0.2, 0) is 69.5 Å². The summed E-state index contributed by atoms with van der Waals surface area (Å²) in [5, 5.41) is 10.8. The largest absolute Gasteiger partial charge is 0.480 e. The van der Waals surface area contributed by atoms with Gasteiger partial charge in [-0.05, 0) is 170 Å². The predicted molar refractivity (Wildman–Crippen MR) is 269 cm³/mol. The van der Waals surface area contributed by atoms with E-state index in [1.807, 2.05) is 13.0 Å². The van der Waals surface area contributed by atoms with Gasteiger partial charge in [-0.25, -0.2) is 24.8 Å². The van der Waals surface area contributed by atoms with Gasteiger partial charge in [0.25, 0.3) is 11.8 Å². The van der Waals surface area contributed by atoms with Gasteiger partial charge in [-0.3, -0.25) is 19.2 Å². The first-order valence-electron chi connectivity index (χ1n) is 25.3. The number of hydrogen-bond acceptors (Lipinski definition) is 11. The highest BCUT2D eigenvalue weighted by Crippen LogP contribution is 2.42. The molecule has 0 bridgehead atoms. The molecule has 384 valence electrons. The number of carboxylic acid groups (broad SMARTS) is 1. The minimum Gasteiger partial charge on any atom is -0.480 e. The van der Waals surface area contributed by atoms with Crippen LogP contribution in [0.2, 0.25) is 0 Å². The number of ether oxygens (including phenoxy) is 3. The highest BCUT2D eigenvalue weighted by atomic mass is 32.2. The molecule has 2 saturated heterocycles. The van der Waals surface area contributed by atoms with Crippen molar-refractivity contribution in [3.63, 3.8) is 0 Å². The third kappa shape index (κ3) is 11.5. The van der Waals surface area contributed by atoms with Crippen LogP contribution in [-0.4, -0.2) is 141 Å². The smallest absolute Gasteiger partial charge is 0.323 e. The molecular formula is C52H72N4O12S2. The van der Waals surface area contributed by atoms with E-state index < -0.39 is 26.0 Å². The fraction of sp³-hybridized carbons (Fsp3) is 0.615. The molecule has 2 atom stereocenters. The van der Waals surface area contributed by atoms with Crippen molar-refractivity contribution in [3.05, 3.63) is 70.0 Å². The number of amides is 2. The first kappa shape index (κ1) is 53.2. The Morgan fingerprint density at radius 3 is 1.46 bits per heavy atom. The van der Waals surface area contributed by atoms with E-state index in [-0.39, 0.29) is 48.7 Å². The van der Waals surface area contributed by atoms with Crippen LogP contribution in [0.4, 0.5) is 0 Å². The molecule has 4 aromatic rings. The number of ketones is 1. The Morgan fingerprint density at radius 1 is 0.643 bits per heavy atom. The normalized spacial score (nSPS) is 19.0. The summed E-state index contributed by atoms with van der Waals surface area (Å²) in [6, 6.07) is 10.4. The van der Waals surface area contributed by atoms with Crippen molar-refractivity contribution >= 4 is 65.4 Å². The first-order valence-corrected chi connectivity index (χ1v) is 28.5. The van der Waals surface area contributed by atoms with Gasteiger partial charge >= 0.3 is 5.97 Å². The second kappa shape index (κ2) is 23.3. The molecule has 18 heteroatoms. The molecule has 2 fully saturated rings. The van der Waals surface area contributed by atoms with Crippen molar-refractivity contribution in [1.29, 1.82) is 0 Å². The molecule has 16 nitrogen and oxygen atoms in total. The van der Waals surface area contributed by atoms with Crippen molar-refractivity contribution in [2.45, 2.75) is 105 Å². The average molecular weight is 1010 g/mol. The quantitative estimate of drug-likeness (QED) is 0.103. The number of fused-ring (bicyclic) bond motifs is 6. The summed E-state index contributed by atoms with van der Waals surface area (Å²) in [4.78, 5) is 52.9. The highest BCUT2D eigenvalue weighted by molar-refractivity contribution is 7.90. The van der Waals surface area contributed by atoms with Crippen LogP contribution in [0, 0.1) is 23.7 Å². The number of rotatable bonds is 18. The van der Waals surface area contributed by atoms with Crippen molar-refractivity contribution in [3.8, 4) is 0 Å². The van der Waals surface area contributed by atoms with Gasteiger partial charge in [0.05, 0.1) is 29.1 Å². The van der Waals surface area contributed by atoms with Crippen LogP contribution in [0.5, 0.6) is 0 Å². The summed E-state index contributed by atoms with van der Waals surface area (Å²) in [5.41, 5.74) is 5.89. The number of aliphatic carboxylic acids is 1. The third-order valence-corrected chi connectivity index (χ3v) is 18.6. The lowest BCUT2D eigenvalue weighted by Crippen LogP contribution is -2.35. The van der Waals surface area contributed by atoms with Gasteiger partial charge in [0.15, 0.2) is 5.78 Å². The number of benzene rings is 2. The van der Waals surface area contributed by atoms with E-state index in [0.29, 0.717) is 84.7 Å². The highest BCUT2D eigenvalue weighted by Gasteiger charge is 2.36. The molecule has 2 aliphatic carbocycles. The maximum Gasteiger partial charge on any atom is 0.323 e. The number of aromatic nitrogens is 2. The summed E-state index contributed by atoms with van der Waals surface area (Å²) < 4.78 is 71.5. The van der Waals surface area contributed by atoms with Gasteiger partial charge in [0.2, 0.25) is 20.0 Å². The number of carboxylic acids is 1. The number of Topliss-reactive ketones (excluding diaryl/α,β-unsaturated/α-hetero) is 1. The Hall–Kier alpha value is -4.62. The maximum absolute atomic E-state index is 13.4. The third-order valence-electron chi connectivity index (χ3n) is 15.2. The van der Waals surface area contributed by atoms with Crippen LogP contribution in [0.15, 0.2) is 36.4 Å². The number of carbonyl (C=O) groups excluding carboxylic acids is 3. The SMILES string of the molecule is CCN(CC(=O)CCCOC)C(=O)c1ccc2c(c1)c1c(n2S(=O)(=O)CC)CCC(C2CCOCC2)C1.CCN(CC(=O)O)C(=O)c1ccc2c(c1)c1c(n2S(=O)(=O)CC)CCC(C2CCOCC2)C1. The van der Waals surface area contributed by atoms with Crippen LogP contribution in [0.25, 0.3) is 21.8 Å². The number of methoxy groups -OCH3 is 1. The van der Waals surface area contributed by atoms with Gasteiger partial charge in [-0.15, -0.1) is 0 Å². The van der Waals surface area contributed by atoms with Crippen molar-refractivity contribution < 1.29 is 55.3 Å². The zero-order valence-corrected chi connectivity index (χ0v) is 43.2. The standard InChI is InChI=1S/C28H40N2O6S.C24H32N2O6S/c1-4-29(19-23(31)7-6-14-35-3)28(32)22-9-11-27-25(18-22)24-17-21(20-12-15-36-16-13-20)8-10-26(24)30(27)37(33,34)5-2;1-3-25(15-23(27)28)24(29)18-6-8-22-20(14-18)19-13-17(16-9-11-32-12-10-16)5-7-21(19)26(22)33(30,31)4-2/h9,11,18,20-21H,4-8,10,12-17,19H2,1-3H3;6,8,14,16-17H,3-5,7,9-13,15H2,1-2H3,(H,27,28). The summed E-state index contributed by atoms with van der Waals surface area (Å²) in [6.45, 7) is 10.9. The Kier molecular flexibility index (Phi) is 17.7. The fourth-order valence-corrected chi connectivity index (χ4v) is 13.8. The predicted octanol–water partition coefficient (Wildman–Crippen LogP) is 6.75. The molecule has 2 amide bonds. The molecule has 4 heterocycles. The molecule has 0 radical (unpaired) electrons. The Morgan fingerprint density at radius 2 is 1.07 bits per heavy atom. The summed E-state index contributed by atoms with van der Waals surface area (Å²) in [6.07, 6.45) is 10.0. The van der Waals surface area contributed by atoms with E-state index in [2.05, 4.69) is 0 Å². The van der Waals surface area contributed by atoms with Crippen LogP contribution in [0.3, 0.4) is 0 Å². The van der Waals surface area contributed by atoms with E-state index in [4.69, 9.17) is 19.3 Å². The number of nitrogens with zero attached hydrogens (tertiary/aromatic N) is 4. The molecule has 0 spiro atoms. The van der Waals surface area contributed by atoms with E-state index in [0.717, 1.165) is 111 Å². The molecule has 4 aliphatic rings. The van der Waals surface area contributed by atoms with E-state index in [1.165, 1.54) is 12.8 Å².